The molecule has 0 unspecified atom stereocenters. The zero-order valence-corrected chi connectivity index (χ0v) is 15.2. The summed E-state index contributed by atoms with van der Waals surface area (Å²) in [6.07, 6.45) is 0. The molecule has 25 heavy (non-hydrogen) atoms. The molecule has 132 valence electrons. The van der Waals surface area contributed by atoms with Crippen molar-refractivity contribution in [2.75, 3.05) is 11.9 Å². The first-order valence-corrected chi connectivity index (χ1v) is 8.21. The van der Waals surface area contributed by atoms with Gasteiger partial charge in [0, 0.05) is 21.8 Å². The second-order valence-electron chi connectivity index (χ2n) is 6.57. The number of anilines is 1. The number of hydrogen-bond donors (Lipinski definition) is 2. The van der Waals surface area contributed by atoms with Gasteiger partial charge in [-0.2, -0.15) is 0 Å². The van der Waals surface area contributed by atoms with Crippen LogP contribution in [0.4, 0.5) is 5.69 Å². The predicted octanol–water partition coefficient (Wildman–Crippen LogP) is 3.89. The fourth-order valence-electron chi connectivity index (χ4n) is 1.99. The van der Waals surface area contributed by atoms with Crippen LogP contribution in [0.2, 0.25) is 5.02 Å². The fourth-order valence-corrected chi connectivity index (χ4v) is 2.12. The summed E-state index contributed by atoms with van der Waals surface area (Å²) in [5.74, 6) is 0.118. The molecule has 2 rings (SSSR count). The molecule has 5 nitrogen and oxygen atoms in total. The standard InChI is InChI=1S/C19H21ClN2O3/c1-19(2,3)22-18(24)13-4-8-15(9-5-13)21-17(23)12-25-16-10-6-14(20)7-11-16/h4-11H,12H2,1-3H3,(H,21,23)(H,22,24). The molecule has 2 aromatic rings. The van der Waals surface area contributed by atoms with Gasteiger partial charge in [-0.25, -0.2) is 0 Å². The van der Waals surface area contributed by atoms with Crippen molar-refractivity contribution < 1.29 is 14.3 Å². The van der Waals surface area contributed by atoms with Gasteiger partial charge in [-0.05, 0) is 69.3 Å². The second-order valence-corrected chi connectivity index (χ2v) is 7.01. The summed E-state index contributed by atoms with van der Waals surface area (Å²) in [4.78, 5) is 24.0. The zero-order valence-electron chi connectivity index (χ0n) is 14.4. The third-order valence-electron chi connectivity index (χ3n) is 3.10. The van der Waals surface area contributed by atoms with Gasteiger partial charge in [-0.3, -0.25) is 9.59 Å². The van der Waals surface area contributed by atoms with Crippen LogP contribution < -0.4 is 15.4 Å². The molecule has 0 bridgehead atoms. The van der Waals surface area contributed by atoms with Crippen molar-refractivity contribution >= 4 is 29.1 Å². The first-order chi connectivity index (χ1) is 11.7. The van der Waals surface area contributed by atoms with Crippen LogP contribution in [-0.2, 0) is 4.79 Å². The Labute approximate surface area is 152 Å². The van der Waals surface area contributed by atoms with Gasteiger partial charge in [0.05, 0.1) is 0 Å². The first kappa shape index (κ1) is 18.8. The average Bonchev–Trinajstić information content (AvgIpc) is 2.53. The van der Waals surface area contributed by atoms with E-state index >= 15 is 0 Å². The molecule has 6 heteroatoms. The van der Waals surface area contributed by atoms with Crippen molar-refractivity contribution in [1.29, 1.82) is 0 Å². The highest BCUT2D eigenvalue weighted by atomic mass is 35.5. The van der Waals surface area contributed by atoms with Crippen LogP contribution in [0.5, 0.6) is 5.75 Å². The molecule has 0 heterocycles. The summed E-state index contributed by atoms with van der Waals surface area (Å²) < 4.78 is 5.38. The highest BCUT2D eigenvalue weighted by molar-refractivity contribution is 6.30. The van der Waals surface area contributed by atoms with E-state index in [1.54, 1.807) is 48.5 Å². The van der Waals surface area contributed by atoms with Crippen LogP contribution in [0.3, 0.4) is 0 Å². The van der Waals surface area contributed by atoms with Gasteiger partial charge in [0.1, 0.15) is 5.75 Å². The molecule has 0 atom stereocenters. The lowest BCUT2D eigenvalue weighted by molar-refractivity contribution is -0.118. The van der Waals surface area contributed by atoms with E-state index in [1.807, 2.05) is 20.8 Å². The van der Waals surface area contributed by atoms with Crippen LogP contribution in [0.15, 0.2) is 48.5 Å². The SMILES string of the molecule is CC(C)(C)NC(=O)c1ccc(NC(=O)COc2ccc(Cl)cc2)cc1. The lowest BCUT2D eigenvalue weighted by atomic mass is 10.1. The van der Waals surface area contributed by atoms with Crippen LogP contribution in [0.1, 0.15) is 31.1 Å². The number of hydrogen-bond acceptors (Lipinski definition) is 3. The predicted molar refractivity (Wildman–Crippen MR) is 99.2 cm³/mol. The number of ether oxygens (including phenoxy) is 1. The first-order valence-electron chi connectivity index (χ1n) is 7.84. The van der Waals surface area contributed by atoms with Crippen molar-refractivity contribution in [3.8, 4) is 5.75 Å². The second kappa shape index (κ2) is 8.03. The number of carbonyl (C=O) groups excluding carboxylic acids is 2. The van der Waals surface area contributed by atoms with Gasteiger partial charge in [0.25, 0.3) is 11.8 Å². The molecule has 0 spiro atoms. The van der Waals surface area contributed by atoms with Crippen LogP contribution in [0, 0.1) is 0 Å². The minimum absolute atomic E-state index is 0.117. The Kier molecular flexibility index (Phi) is 6.04. The van der Waals surface area contributed by atoms with E-state index in [9.17, 15) is 9.59 Å². The van der Waals surface area contributed by atoms with Crippen molar-refractivity contribution in [3.05, 3.63) is 59.1 Å². The lowest BCUT2D eigenvalue weighted by Gasteiger charge is -2.20. The number of amides is 2. The Morgan fingerprint density at radius 1 is 1.00 bits per heavy atom. The van der Waals surface area contributed by atoms with Gasteiger partial charge in [-0.15, -0.1) is 0 Å². The van der Waals surface area contributed by atoms with Crippen LogP contribution in [0.25, 0.3) is 0 Å². The molecule has 2 N–H and O–H groups in total. The maximum Gasteiger partial charge on any atom is 0.262 e. The van der Waals surface area contributed by atoms with E-state index in [2.05, 4.69) is 10.6 Å². The smallest absolute Gasteiger partial charge is 0.262 e. The molecule has 0 aromatic heterocycles. The molecule has 0 saturated carbocycles. The Bertz CT molecular complexity index is 735. The molecule has 0 aliphatic heterocycles. The van der Waals surface area contributed by atoms with Gasteiger partial charge in [0.15, 0.2) is 6.61 Å². The largest absolute Gasteiger partial charge is 0.484 e. The number of rotatable bonds is 5. The Hall–Kier alpha value is -2.53. The molecular formula is C19H21ClN2O3. The normalized spacial score (nSPS) is 10.9. The van der Waals surface area contributed by atoms with Crippen LogP contribution in [-0.4, -0.2) is 24.0 Å². The molecule has 2 aromatic carbocycles. The number of benzene rings is 2. The minimum Gasteiger partial charge on any atom is -0.484 e. The molecular weight excluding hydrogens is 340 g/mol. The van der Waals surface area contributed by atoms with E-state index in [-0.39, 0.29) is 24.0 Å². The Morgan fingerprint density at radius 3 is 2.16 bits per heavy atom. The maximum atomic E-state index is 12.0. The van der Waals surface area contributed by atoms with E-state index in [4.69, 9.17) is 16.3 Å². The highest BCUT2D eigenvalue weighted by Crippen LogP contribution is 2.16. The lowest BCUT2D eigenvalue weighted by Crippen LogP contribution is -2.40. The summed E-state index contributed by atoms with van der Waals surface area (Å²) in [6.45, 7) is 5.63. The fraction of sp³-hybridized carbons (Fsp3) is 0.263. The van der Waals surface area contributed by atoms with E-state index in [0.717, 1.165) is 0 Å². The van der Waals surface area contributed by atoms with Gasteiger partial charge in [0.2, 0.25) is 0 Å². The quantitative estimate of drug-likeness (QED) is 0.850. The molecule has 2 amide bonds. The number of nitrogens with one attached hydrogen (secondary N) is 2. The molecule has 0 radical (unpaired) electrons. The van der Waals surface area contributed by atoms with Gasteiger partial charge < -0.3 is 15.4 Å². The van der Waals surface area contributed by atoms with Crippen molar-refractivity contribution in [3.63, 3.8) is 0 Å². The summed E-state index contributed by atoms with van der Waals surface area (Å²) >= 11 is 5.79. The molecule has 0 aliphatic carbocycles. The topological polar surface area (TPSA) is 67.4 Å². The number of carbonyl (C=O) groups is 2. The summed E-state index contributed by atoms with van der Waals surface area (Å²) in [6, 6.07) is 13.5. The van der Waals surface area contributed by atoms with E-state index in [1.165, 1.54) is 0 Å². The monoisotopic (exact) mass is 360 g/mol. The highest BCUT2D eigenvalue weighted by Gasteiger charge is 2.15. The Morgan fingerprint density at radius 2 is 1.60 bits per heavy atom. The summed E-state index contributed by atoms with van der Waals surface area (Å²) in [7, 11) is 0. The zero-order chi connectivity index (χ0) is 18.4. The molecule has 0 aliphatic rings. The molecule has 0 saturated heterocycles. The van der Waals surface area contributed by atoms with Crippen molar-refractivity contribution in [2.45, 2.75) is 26.3 Å². The summed E-state index contributed by atoms with van der Waals surface area (Å²) in [5.41, 5.74) is 0.825. The average molecular weight is 361 g/mol. The van der Waals surface area contributed by atoms with Gasteiger partial charge >= 0.3 is 0 Å². The Balaban J connectivity index is 1.86. The maximum absolute atomic E-state index is 12.0. The minimum atomic E-state index is -0.303. The third kappa shape index (κ3) is 6.47. The van der Waals surface area contributed by atoms with Crippen molar-refractivity contribution in [1.82, 2.24) is 5.32 Å². The summed E-state index contributed by atoms with van der Waals surface area (Å²) in [5, 5.41) is 6.20. The van der Waals surface area contributed by atoms with E-state index in [0.29, 0.717) is 22.0 Å². The van der Waals surface area contributed by atoms with Gasteiger partial charge in [-0.1, -0.05) is 11.6 Å². The number of halogens is 1. The molecule has 0 fully saturated rings. The third-order valence-corrected chi connectivity index (χ3v) is 3.35. The van der Waals surface area contributed by atoms with Crippen LogP contribution >= 0.6 is 11.6 Å². The van der Waals surface area contributed by atoms with E-state index < -0.39 is 0 Å². The van der Waals surface area contributed by atoms with Crippen molar-refractivity contribution in [2.24, 2.45) is 0 Å².